The van der Waals surface area contributed by atoms with Crippen molar-refractivity contribution in [1.29, 1.82) is 0 Å². The lowest BCUT2D eigenvalue weighted by Gasteiger charge is -2.11. The smallest absolute Gasteiger partial charge is 0.313 e. The van der Waals surface area contributed by atoms with Crippen molar-refractivity contribution in [2.24, 2.45) is 0 Å². The molecule has 122 valence electrons. The summed E-state index contributed by atoms with van der Waals surface area (Å²) in [5, 5.41) is 13.1. The van der Waals surface area contributed by atoms with E-state index in [4.69, 9.17) is 9.47 Å². The Morgan fingerprint density at radius 3 is 2.75 bits per heavy atom. The lowest BCUT2D eigenvalue weighted by Crippen LogP contribution is -2.01. The number of methoxy groups -OCH3 is 1. The van der Waals surface area contributed by atoms with Gasteiger partial charge in [0.2, 0.25) is 5.88 Å². The van der Waals surface area contributed by atoms with Crippen LogP contribution in [-0.4, -0.2) is 17.0 Å². The quantitative estimate of drug-likeness (QED) is 0.523. The van der Waals surface area contributed by atoms with Crippen LogP contribution >= 0.6 is 0 Å². The average molecular weight is 324 g/mol. The molecule has 3 aromatic rings. The van der Waals surface area contributed by atoms with E-state index in [9.17, 15) is 10.1 Å². The van der Waals surface area contributed by atoms with Crippen molar-refractivity contribution >= 4 is 16.5 Å². The minimum atomic E-state index is -0.416. The van der Waals surface area contributed by atoms with Gasteiger partial charge in [0.05, 0.1) is 12.0 Å². The maximum absolute atomic E-state index is 11.3. The van der Waals surface area contributed by atoms with Gasteiger partial charge in [-0.3, -0.25) is 10.1 Å². The monoisotopic (exact) mass is 324 g/mol. The van der Waals surface area contributed by atoms with Crippen molar-refractivity contribution in [3.05, 3.63) is 69.9 Å². The Balaban J connectivity index is 1.94. The molecule has 0 unspecified atom stereocenters. The predicted octanol–water partition coefficient (Wildman–Crippen LogP) is 4.04. The largest absolute Gasteiger partial charge is 0.482 e. The van der Waals surface area contributed by atoms with E-state index in [1.54, 1.807) is 38.4 Å². The van der Waals surface area contributed by atoms with Crippen LogP contribution in [0.1, 0.15) is 11.1 Å². The second-order valence-electron chi connectivity index (χ2n) is 5.33. The van der Waals surface area contributed by atoms with Crippen molar-refractivity contribution in [3.63, 3.8) is 0 Å². The summed E-state index contributed by atoms with van der Waals surface area (Å²) in [6, 6.07) is 12.6. The molecule has 0 bridgehead atoms. The number of benzene rings is 2. The predicted molar refractivity (Wildman–Crippen MR) is 90.5 cm³/mol. The average Bonchev–Trinajstić information content (AvgIpc) is 2.59. The molecule has 0 saturated carbocycles. The standard InChI is InChI=1S/C18H16N2O4/c1-12-5-3-8-16(18(12)20(21)22)24-11-14-7-4-6-13-10-19-17(23-2)9-15(13)14/h3-10H,11H2,1-2H3. The van der Waals surface area contributed by atoms with E-state index in [1.807, 2.05) is 24.3 Å². The number of nitrogens with zero attached hydrogens (tertiary/aromatic N) is 2. The molecule has 1 heterocycles. The van der Waals surface area contributed by atoms with Gasteiger partial charge in [-0.1, -0.05) is 30.3 Å². The molecule has 6 heteroatoms. The van der Waals surface area contributed by atoms with E-state index >= 15 is 0 Å². The molecule has 3 rings (SSSR count). The first-order chi connectivity index (χ1) is 11.6. The lowest BCUT2D eigenvalue weighted by molar-refractivity contribution is -0.386. The number of pyridine rings is 1. The molecule has 0 aliphatic rings. The topological polar surface area (TPSA) is 74.5 Å². The third kappa shape index (κ3) is 2.99. The van der Waals surface area contributed by atoms with E-state index in [0.717, 1.165) is 16.3 Å². The summed E-state index contributed by atoms with van der Waals surface area (Å²) in [5.41, 5.74) is 1.47. The van der Waals surface area contributed by atoms with Gasteiger partial charge in [0.25, 0.3) is 0 Å². The summed E-state index contributed by atoms with van der Waals surface area (Å²) in [6.45, 7) is 1.91. The number of nitro groups is 1. The number of rotatable bonds is 5. The first-order valence-electron chi connectivity index (χ1n) is 7.38. The maximum Gasteiger partial charge on any atom is 0.313 e. The Morgan fingerprint density at radius 2 is 2.00 bits per heavy atom. The van der Waals surface area contributed by atoms with Gasteiger partial charge in [-0.25, -0.2) is 4.98 Å². The van der Waals surface area contributed by atoms with Crippen LogP contribution in [0.4, 0.5) is 5.69 Å². The van der Waals surface area contributed by atoms with Crippen LogP contribution < -0.4 is 9.47 Å². The molecule has 0 aliphatic carbocycles. The number of fused-ring (bicyclic) bond motifs is 1. The SMILES string of the molecule is COc1cc2c(COc3cccc(C)c3[N+](=O)[O-])cccc2cn1. The Labute approximate surface area is 138 Å². The van der Waals surface area contributed by atoms with Crippen LogP contribution in [0.15, 0.2) is 48.7 Å². The number of nitro benzene ring substituents is 1. The molecule has 6 nitrogen and oxygen atoms in total. The third-order valence-electron chi connectivity index (χ3n) is 3.80. The van der Waals surface area contributed by atoms with E-state index in [0.29, 0.717) is 11.4 Å². The van der Waals surface area contributed by atoms with Crippen LogP contribution in [0, 0.1) is 17.0 Å². The van der Waals surface area contributed by atoms with Crippen molar-refractivity contribution in [3.8, 4) is 11.6 Å². The van der Waals surface area contributed by atoms with Crippen LogP contribution in [0.5, 0.6) is 11.6 Å². The number of para-hydroxylation sites is 1. The summed E-state index contributed by atoms with van der Waals surface area (Å²) >= 11 is 0. The van der Waals surface area contributed by atoms with Crippen molar-refractivity contribution in [1.82, 2.24) is 4.98 Å². The molecule has 0 spiro atoms. The molecular formula is C18H16N2O4. The van der Waals surface area contributed by atoms with E-state index in [1.165, 1.54) is 0 Å². The highest BCUT2D eigenvalue weighted by Gasteiger charge is 2.18. The summed E-state index contributed by atoms with van der Waals surface area (Å²) in [5.74, 6) is 0.773. The Hall–Kier alpha value is -3.15. The van der Waals surface area contributed by atoms with Gasteiger partial charge < -0.3 is 9.47 Å². The molecule has 1 aromatic heterocycles. The van der Waals surface area contributed by atoms with Crippen molar-refractivity contribution in [2.45, 2.75) is 13.5 Å². The zero-order chi connectivity index (χ0) is 17.1. The molecule has 0 saturated heterocycles. The normalized spacial score (nSPS) is 10.6. The Morgan fingerprint density at radius 1 is 1.21 bits per heavy atom. The van der Waals surface area contributed by atoms with Crippen LogP contribution in [0.2, 0.25) is 0 Å². The van der Waals surface area contributed by atoms with Gasteiger partial charge >= 0.3 is 5.69 Å². The van der Waals surface area contributed by atoms with Gasteiger partial charge in [-0.05, 0) is 23.9 Å². The second-order valence-corrected chi connectivity index (χ2v) is 5.33. The molecule has 0 atom stereocenters. The number of aryl methyl sites for hydroxylation is 1. The van der Waals surface area contributed by atoms with Gasteiger partial charge in [-0.2, -0.15) is 0 Å². The number of ether oxygens (including phenoxy) is 2. The fourth-order valence-corrected chi connectivity index (χ4v) is 2.59. The number of hydrogen-bond donors (Lipinski definition) is 0. The minimum Gasteiger partial charge on any atom is -0.482 e. The van der Waals surface area contributed by atoms with Gasteiger partial charge in [0.1, 0.15) is 6.61 Å². The van der Waals surface area contributed by atoms with Crippen molar-refractivity contribution in [2.75, 3.05) is 7.11 Å². The first kappa shape index (κ1) is 15.7. The van der Waals surface area contributed by atoms with Gasteiger partial charge in [-0.15, -0.1) is 0 Å². The maximum atomic E-state index is 11.3. The van der Waals surface area contributed by atoms with E-state index in [-0.39, 0.29) is 18.0 Å². The fraction of sp³-hybridized carbons (Fsp3) is 0.167. The Bertz CT molecular complexity index is 909. The summed E-state index contributed by atoms with van der Waals surface area (Å²) in [6.07, 6.45) is 1.73. The molecule has 0 aliphatic heterocycles. The molecule has 0 radical (unpaired) electrons. The van der Waals surface area contributed by atoms with Gasteiger partial charge in [0.15, 0.2) is 5.75 Å². The third-order valence-corrected chi connectivity index (χ3v) is 3.80. The Kier molecular flexibility index (Phi) is 4.29. The fourth-order valence-electron chi connectivity index (χ4n) is 2.59. The van der Waals surface area contributed by atoms with Crippen LogP contribution in [0.3, 0.4) is 0 Å². The zero-order valence-electron chi connectivity index (χ0n) is 13.4. The number of hydrogen-bond acceptors (Lipinski definition) is 5. The molecule has 2 aromatic carbocycles. The molecular weight excluding hydrogens is 308 g/mol. The molecule has 0 N–H and O–H groups in total. The molecule has 24 heavy (non-hydrogen) atoms. The highest BCUT2D eigenvalue weighted by molar-refractivity contribution is 5.85. The second kappa shape index (κ2) is 6.54. The highest BCUT2D eigenvalue weighted by atomic mass is 16.6. The van der Waals surface area contributed by atoms with E-state index in [2.05, 4.69) is 4.98 Å². The summed E-state index contributed by atoms with van der Waals surface area (Å²) in [4.78, 5) is 15.0. The highest BCUT2D eigenvalue weighted by Crippen LogP contribution is 2.31. The zero-order valence-corrected chi connectivity index (χ0v) is 13.4. The van der Waals surface area contributed by atoms with Gasteiger partial charge in [0, 0.05) is 23.2 Å². The summed E-state index contributed by atoms with van der Waals surface area (Å²) < 4.78 is 10.9. The lowest BCUT2D eigenvalue weighted by atomic mass is 10.1. The summed E-state index contributed by atoms with van der Waals surface area (Å²) in [7, 11) is 1.56. The van der Waals surface area contributed by atoms with Crippen LogP contribution in [-0.2, 0) is 6.61 Å². The van der Waals surface area contributed by atoms with Crippen LogP contribution in [0.25, 0.3) is 10.8 Å². The molecule has 0 amide bonds. The first-order valence-corrected chi connectivity index (χ1v) is 7.38. The number of aromatic nitrogens is 1. The van der Waals surface area contributed by atoms with E-state index < -0.39 is 4.92 Å². The molecule has 0 fully saturated rings. The van der Waals surface area contributed by atoms with Crippen molar-refractivity contribution < 1.29 is 14.4 Å². The minimum absolute atomic E-state index is 0.00279.